The zero-order valence-electron chi connectivity index (χ0n) is 9.61. The molecule has 2 rings (SSSR count). The summed E-state index contributed by atoms with van der Waals surface area (Å²) in [6.07, 6.45) is -2.46. The molecule has 4 N–H and O–H groups in total. The Morgan fingerprint density at radius 3 is 2.06 bits per heavy atom. The van der Waals surface area contributed by atoms with Gasteiger partial charge in [0.15, 0.2) is 0 Å². The number of hydrogen-bond donors (Lipinski definition) is 2. The van der Waals surface area contributed by atoms with E-state index in [1.54, 1.807) is 0 Å². The predicted molar refractivity (Wildman–Crippen MR) is 59.4 cm³/mol. The van der Waals surface area contributed by atoms with Crippen LogP contribution in [0.2, 0.25) is 0 Å². The lowest BCUT2D eigenvalue weighted by Crippen LogP contribution is -2.32. The summed E-state index contributed by atoms with van der Waals surface area (Å²) in [7, 11) is 0. The van der Waals surface area contributed by atoms with Gasteiger partial charge in [-0.05, 0) is 12.8 Å². The van der Waals surface area contributed by atoms with Crippen LogP contribution in [0.1, 0.15) is 37.4 Å². The van der Waals surface area contributed by atoms with Crippen LogP contribution in [0.4, 0.5) is 25.1 Å². The summed E-state index contributed by atoms with van der Waals surface area (Å²) in [5.74, 6) is -2.41. The molecule has 1 aromatic rings. The van der Waals surface area contributed by atoms with Crippen molar-refractivity contribution in [2.45, 2.75) is 37.8 Å². The third-order valence-corrected chi connectivity index (χ3v) is 3.21. The Labute approximate surface area is 102 Å². The van der Waals surface area contributed by atoms with E-state index in [4.69, 9.17) is 11.5 Å². The van der Waals surface area contributed by atoms with Gasteiger partial charge in [0.2, 0.25) is 11.9 Å². The molecule has 5 nitrogen and oxygen atoms in total. The summed E-state index contributed by atoms with van der Waals surface area (Å²) in [6, 6.07) is 0. The van der Waals surface area contributed by atoms with Crippen LogP contribution < -0.4 is 11.5 Å². The number of nitrogens with zero attached hydrogens (tertiary/aromatic N) is 3. The fourth-order valence-electron chi connectivity index (χ4n) is 2.42. The zero-order valence-corrected chi connectivity index (χ0v) is 9.61. The minimum atomic E-state index is -4.25. The summed E-state index contributed by atoms with van der Waals surface area (Å²) < 4.78 is 38.8. The van der Waals surface area contributed by atoms with Crippen LogP contribution in [0.25, 0.3) is 0 Å². The number of hydrogen-bond acceptors (Lipinski definition) is 5. The third-order valence-electron chi connectivity index (χ3n) is 3.21. The van der Waals surface area contributed by atoms with E-state index in [0.717, 1.165) is 6.42 Å². The van der Waals surface area contributed by atoms with Crippen LogP contribution in [0.3, 0.4) is 0 Å². The first kappa shape index (κ1) is 12.8. The van der Waals surface area contributed by atoms with Crippen LogP contribution in [0, 0.1) is 5.92 Å². The molecule has 0 aliphatic heterocycles. The van der Waals surface area contributed by atoms with Crippen LogP contribution in [-0.4, -0.2) is 21.1 Å². The lowest BCUT2D eigenvalue weighted by molar-refractivity contribution is -0.187. The van der Waals surface area contributed by atoms with Crippen molar-refractivity contribution >= 4 is 11.9 Å². The molecule has 0 spiro atoms. The van der Waals surface area contributed by atoms with Gasteiger partial charge in [0, 0.05) is 5.92 Å². The molecule has 0 amide bonds. The van der Waals surface area contributed by atoms with Crippen LogP contribution in [0.15, 0.2) is 0 Å². The maximum atomic E-state index is 12.9. The van der Waals surface area contributed by atoms with E-state index in [2.05, 4.69) is 15.0 Å². The Balaban J connectivity index is 2.33. The zero-order chi connectivity index (χ0) is 13.3. The summed E-state index contributed by atoms with van der Waals surface area (Å²) in [4.78, 5) is 11.2. The Kier molecular flexibility index (Phi) is 3.27. The summed E-state index contributed by atoms with van der Waals surface area (Å²) >= 11 is 0. The first-order chi connectivity index (χ1) is 8.38. The van der Waals surface area contributed by atoms with Gasteiger partial charge in [0.1, 0.15) is 5.82 Å². The molecule has 0 aromatic carbocycles. The Hall–Kier alpha value is -1.60. The monoisotopic (exact) mass is 261 g/mol. The number of nitrogens with two attached hydrogens (primary N) is 2. The highest BCUT2D eigenvalue weighted by Gasteiger charge is 2.47. The Morgan fingerprint density at radius 1 is 0.944 bits per heavy atom. The second-order valence-corrected chi connectivity index (χ2v) is 4.45. The molecule has 8 heteroatoms. The van der Waals surface area contributed by atoms with Gasteiger partial charge in [-0.1, -0.05) is 12.8 Å². The number of nitrogen functional groups attached to an aromatic ring is 2. The highest BCUT2D eigenvalue weighted by atomic mass is 19.4. The van der Waals surface area contributed by atoms with Crippen molar-refractivity contribution in [1.29, 1.82) is 0 Å². The number of anilines is 2. The molecule has 2 unspecified atom stereocenters. The normalized spacial score (nSPS) is 25.1. The number of rotatable bonds is 1. The molecule has 0 bridgehead atoms. The van der Waals surface area contributed by atoms with Gasteiger partial charge in [-0.25, -0.2) is 0 Å². The Morgan fingerprint density at radius 2 is 1.50 bits per heavy atom. The lowest BCUT2D eigenvalue weighted by atomic mass is 9.78. The summed E-state index contributed by atoms with van der Waals surface area (Å²) in [5, 5.41) is 0. The van der Waals surface area contributed by atoms with E-state index in [1.807, 2.05) is 0 Å². The smallest absolute Gasteiger partial charge is 0.368 e. The van der Waals surface area contributed by atoms with E-state index in [-0.39, 0.29) is 24.1 Å². The van der Waals surface area contributed by atoms with Crippen molar-refractivity contribution in [3.05, 3.63) is 5.82 Å². The fourth-order valence-corrected chi connectivity index (χ4v) is 2.42. The number of aromatic nitrogens is 3. The second kappa shape index (κ2) is 4.58. The quantitative estimate of drug-likeness (QED) is 0.805. The highest BCUT2D eigenvalue weighted by molar-refractivity contribution is 5.27. The third kappa shape index (κ3) is 2.62. The predicted octanol–water partition coefficient (Wildman–Crippen LogP) is 1.87. The van der Waals surface area contributed by atoms with Crippen LogP contribution in [0.5, 0.6) is 0 Å². The molecular weight excluding hydrogens is 247 g/mol. The molecular formula is C10H14F3N5. The molecule has 1 fully saturated rings. The van der Waals surface area contributed by atoms with Crippen molar-refractivity contribution in [3.8, 4) is 0 Å². The van der Waals surface area contributed by atoms with E-state index in [1.165, 1.54) is 0 Å². The van der Waals surface area contributed by atoms with Crippen molar-refractivity contribution in [3.63, 3.8) is 0 Å². The standard InChI is InChI=1S/C10H14F3N5/c11-10(12,13)6-4-2-1-3-5(6)7-16-8(14)18-9(15)17-7/h5-6H,1-4H2,(H4,14,15,16,17,18). The largest absolute Gasteiger partial charge is 0.392 e. The van der Waals surface area contributed by atoms with E-state index in [9.17, 15) is 13.2 Å². The lowest BCUT2D eigenvalue weighted by Gasteiger charge is -2.31. The van der Waals surface area contributed by atoms with Crippen LogP contribution >= 0.6 is 0 Å². The van der Waals surface area contributed by atoms with Gasteiger partial charge in [-0.3, -0.25) is 0 Å². The second-order valence-electron chi connectivity index (χ2n) is 4.45. The molecule has 0 saturated heterocycles. The summed E-state index contributed by atoms with van der Waals surface area (Å²) in [5.41, 5.74) is 10.8. The SMILES string of the molecule is Nc1nc(N)nc(C2CCCCC2C(F)(F)F)n1. The molecule has 1 saturated carbocycles. The van der Waals surface area contributed by atoms with E-state index < -0.39 is 18.0 Å². The van der Waals surface area contributed by atoms with Crippen molar-refractivity contribution in [2.24, 2.45) is 5.92 Å². The molecule has 1 heterocycles. The average Bonchev–Trinajstić information content (AvgIpc) is 2.26. The first-order valence-corrected chi connectivity index (χ1v) is 5.71. The molecule has 100 valence electrons. The highest BCUT2D eigenvalue weighted by Crippen LogP contribution is 2.45. The molecule has 1 aliphatic carbocycles. The summed E-state index contributed by atoms with van der Waals surface area (Å²) in [6.45, 7) is 0. The minimum Gasteiger partial charge on any atom is -0.368 e. The van der Waals surface area contributed by atoms with Gasteiger partial charge < -0.3 is 11.5 Å². The molecule has 1 aliphatic rings. The maximum Gasteiger partial charge on any atom is 0.392 e. The van der Waals surface area contributed by atoms with Crippen molar-refractivity contribution < 1.29 is 13.2 Å². The van der Waals surface area contributed by atoms with Crippen LogP contribution in [-0.2, 0) is 0 Å². The van der Waals surface area contributed by atoms with Gasteiger partial charge in [-0.15, -0.1) is 0 Å². The fraction of sp³-hybridized carbons (Fsp3) is 0.700. The van der Waals surface area contributed by atoms with Gasteiger partial charge in [0.05, 0.1) is 5.92 Å². The molecule has 0 radical (unpaired) electrons. The minimum absolute atomic E-state index is 0.0574. The van der Waals surface area contributed by atoms with Crippen molar-refractivity contribution in [1.82, 2.24) is 15.0 Å². The van der Waals surface area contributed by atoms with Gasteiger partial charge in [-0.2, -0.15) is 28.1 Å². The van der Waals surface area contributed by atoms with Gasteiger partial charge >= 0.3 is 6.18 Å². The number of halogens is 3. The topological polar surface area (TPSA) is 90.7 Å². The average molecular weight is 261 g/mol. The molecule has 18 heavy (non-hydrogen) atoms. The number of alkyl halides is 3. The maximum absolute atomic E-state index is 12.9. The first-order valence-electron chi connectivity index (χ1n) is 5.71. The van der Waals surface area contributed by atoms with E-state index in [0.29, 0.717) is 12.8 Å². The van der Waals surface area contributed by atoms with Gasteiger partial charge in [0.25, 0.3) is 0 Å². The van der Waals surface area contributed by atoms with Crippen molar-refractivity contribution in [2.75, 3.05) is 11.5 Å². The van der Waals surface area contributed by atoms with E-state index >= 15 is 0 Å². The Bertz CT molecular complexity index is 414. The molecule has 1 aromatic heterocycles. The molecule has 2 atom stereocenters.